The van der Waals surface area contributed by atoms with Crippen LogP contribution in [-0.2, 0) is 43.4 Å². The number of rotatable bonds is 8. The second-order valence-electron chi connectivity index (χ2n) is 13.6. The van der Waals surface area contributed by atoms with E-state index in [1.807, 2.05) is 103 Å². The molecule has 306 valence electrons. The zero-order valence-electron chi connectivity index (χ0n) is 35.8. The first kappa shape index (κ1) is 50.7. The second-order valence-corrected chi connectivity index (χ2v) is 13.6. The van der Waals surface area contributed by atoms with Crippen LogP contribution in [0.15, 0.2) is 222 Å². The van der Waals surface area contributed by atoms with Crippen LogP contribution < -0.4 is 31.9 Å². The first-order valence-electron chi connectivity index (χ1n) is 19.6. The predicted molar refractivity (Wildman–Crippen MR) is 251 cm³/mol. The van der Waals surface area contributed by atoms with Gasteiger partial charge in [0.1, 0.15) is 0 Å². The van der Waals surface area contributed by atoms with Crippen molar-refractivity contribution in [3.8, 4) is 0 Å². The van der Waals surface area contributed by atoms with Gasteiger partial charge in [-0.15, -0.1) is 12.1 Å². The number of hydrogen-bond donors (Lipinski definition) is 6. The van der Waals surface area contributed by atoms with E-state index in [0.717, 1.165) is 75.3 Å². The van der Waals surface area contributed by atoms with Crippen LogP contribution in [0.25, 0.3) is 5.32 Å². The molecule has 6 N–H and O–H groups in total. The monoisotopic (exact) mass is 865 g/mol. The summed E-state index contributed by atoms with van der Waals surface area (Å²) in [6.45, 7) is 12.1. The van der Waals surface area contributed by atoms with Crippen molar-refractivity contribution in [1.29, 1.82) is 0 Å². The fraction of sp³-hybridized carbons (Fsp3) is 0.157. The minimum Gasteiger partial charge on any atom is -0.668 e. The van der Waals surface area contributed by atoms with Crippen LogP contribution in [0, 0.1) is 6.92 Å². The molecule has 0 radical (unpaired) electrons. The van der Waals surface area contributed by atoms with Crippen molar-refractivity contribution < 1.29 is 43.4 Å². The number of nitrogens with one attached hydrogen (secondary N) is 6. The third-order valence-electron chi connectivity index (χ3n) is 8.76. The van der Waals surface area contributed by atoms with Gasteiger partial charge in [0.15, 0.2) is 0 Å². The molecule has 0 fully saturated rings. The summed E-state index contributed by atoms with van der Waals surface area (Å²) in [4.78, 5) is 0. The van der Waals surface area contributed by atoms with Crippen LogP contribution in [0.1, 0.15) is 46.1 Å². The SMILES string of the molecule is CC(Nc1ccccc1)=C1C=CCC(=C(C)Nc2ccccc2)N1.CC(Nc1ccccc1)=C1C=CCC(=C(C)Nc2ccccc2)N1.C[N-]C.[CH2-]c1ccccc1.[Ti+2].[Ti]. The summed E-state index contributed by atoms with van der Waals surface area (Å²) in [6.07, 6.45) is 10.4. The molecule has 0 bridgehead atoms. The maximum Gasteiger partial charge on any atom is 2.00 e. The fourth-order valence-corrected chi connectivity index (χ4v) is 5.75. The van der Waals surface area contributed by atoms with Gasteiger partial charge in [0, 0.05) is 91.5 Å². The van der Waals surface area contributed by atoms with E-state index in [1.54, 1.807) is 14.1 Å². The van der Waals surface area contributed by atoms with E-state index in [4.69, 9.17) is 0 Å². The molecule has 0 aliphatic carbocycles. The Bertz CT molecular complexity index is 2010. The van der Waals surface area contributed by atoms with E-state index in [2.05, 4.69) is 145 Å². The minimum atomic E-state index is 0. The molecule has 5 aromatic rings. The molecule has 2 aliphatic rings. The van der Waals surface area contributed by atoms with Gasteiger partial charge in [0.05, 0.1) is 11.4 Å². The molecule has 7 rings (SSSR count). The number of hydrogen-bond acceptors (Lipinski definition) is 6. The summed E-state index contributed by atoms with van der Waals surface area (Å²) in [7, 11) is 3.50. The molecule has 0 saturated carbocycles. The summed E-state index contributed by atoms with van der Waals surface area (Å²) in [5, 5.41) is 24.4. The van der Waals surface area contributed by atoms with Crippen molar-refractivity contribution in [3.63, 3.8) is 0 Å². The molecule has 0 atom stereocenters. The summed E-state index contributed by atoms with van der Waals surface area (Å²) < 4.78 is 0. The van der Waals surface area contributed by atoms with Gasteiger partial charge in [-0.1, -0.05) is 91.0 Å². The molecule has 0 amide bonds. The van der Waals surface area contributed by atoms with E-state index in [9.17, 15) is 0 Å². The molecule has 2 aliphatic heterocycles. The van der Waals surface area contributed by atoms with Crippen LogP contribution >= 0.6 is 0 Å². The van der Waals surface area contributed by atoms with Crippen molar-refractivity contribution in [2.45, 2.75) is 40.5 Å². The number of allylic oxidation sites excluding steroid dienone is 8. The van der Waals surface area contributed by atoms with Gasteiger partial charge in [0.2, 0.25) is 0 Å². The third kappa shape index (κ3) is 18.7. The van der Waals surface area contributed by atoms with E-state index >= 15 is 0 Å². The maximum absolute atomic E-state index is 3.72. The Morgan fingerprint density at radius 3 is 0.950 bits per heavy atom. The van der Waals surface area contributed by atoms with Crippen molar-refractivity contribution >= 4 is 22.7 Å². The van der Waals surface area contributed by atoms with E-state index in [0.29, 0.717) is 0 Å². The molecular weight excluding hydrogens is 806 g/mol. The van der Waals surface area contributed by atoms with Crippen LogP contribution in [0.5, 0.6) is 0 Å². The largest absolute Gasteiger partial charge is 2.00 e. The minimum absolute atomic E-state index is 0. The Hall–Kier alpha value is -5.40. The predicted octanol–water partition coefficient (Wildman–Crippen LogP) is 12.9. The second kappa shape index (κ2) is 28.9. The van der Waals surface area contributed by atoms with Crippen molar-refractivity contribution in [2.24, 2.45) is 0 Å². The molecule has 9 heteroatoms. The van der Waals surface area contributed by atoms with Crippen molar-refractivity contribution in [3.05, 3.63) is 239 Å². The van der Waals surface area contributed by atoms with Crippen LogP contribution in [0.3, 0.4) is 0 Å². The van der Waals surface area contributed by atoms with Crippen LogP contribution in [0.4, 0.5) is 22.7 Å². The number of benzene rings is 5. The standard InChI is InChI=1S/2C21H23N3.C7H7.C2H6N.2Ti/c2*1-16(22-18-10-5-3-6-11-18)20-14-9-15-21(24-20)17(2)23-19-12-7-4-8-13-19;1-7-5-3-2-4-6-7;1-3-2;;/h2*3-14,22-24H,15H2,1-2H3;2-6H,1H2;1-2H3;;/q;;2*-1;;+2. The van der Waals surface area contributed by atoms with E-state index in [-0.39, 0.29) is 43.4 Å². The van der Waals surface area contributed by atoms with E-state index in [1.165, 1.54) is 11.4 Å². The normalized spacial score (nSPS) is 15.5. The summed E-state index contributed by atoms with van der Waals surface area (Å²) in [5.74, 6) is 0. The Kier molecular flexibility index (Phi) is 24.5. The van der Waals surface area contributed by atoms with Gasteiger partial charge in [-0.2, -0.15) is 38.7 Å². The molecule has 0 unspecified atom stereocenters. The Morgan fingerprint density at radius 1 is 0.450 bits per heavy atom. The summed E-state index contributed by atoms with van der Waals surface area (Å²) in [5.41, 5.74) is 14.5. The Balaban J connectivity index is 0.000000328. The molecular formula is C51H59N7Ti2. The van der Waals surface area contributed by atoms with Gasteiger partial charge in [-0.05, 0) is 88.4 Å². The molecule has 7 nitrogen and oxygen atoms in total. The van der Waals surface area contributed by atoms with Crippen molar-refractivity contribution in [1.82, 2.24) is 10.6 Å². The van der Waals surface area contributed by atoms with Crippen LogP contribution in [-0.4, -0.2) is 14.1 Å². The Morgan fingerprint density at radius 2 is 0.700 bits per heavy atom. The van der Waals surface area contributed by atoms with Crippen LogP contribution in [0.2, 0.25) is 0 Å². The first-order chi connectivity index (χ1) is 28.2. The maximum atomic E-state index is 3.72. The number of para-hydroxylation sites is 4. The van der Waals surface area contributed by atoms with Gasteiger partial charge in [-0.25, -0.2) is 0 Å². The fourth-order valence-electron chi connectivity index (χ4n) is 5.75. The van der Waals surface area contributed by atoms with Crippen molar-refractivity contribution in [2.75, 3.05) is 35.4 Å². The molecule has 0 spiro atoms. The molecule has 0 saturated heterocycles. The average molecular weight is 866 g/mol. The van der Waals surface area contributed by atoms with Gasteiger partial charge in [0.25, 0.3) is 0 Å². The Labute approximate surface area is 389 Å². The van der Waals surface area contributed by atoms with Gasteiger partial charge >= 0.3 is 21.7 Å². The zero-order valence-corrected chi connectivity index (χ0v) is 38.9. The zero-order chi connectivity index (χ0) is 41.4. The topological polar surface area (TPSA) is 86.3 Å². The number of anilines is 4. The third-order valence-corrected chi connectivity index (χ3v) is 8.76. The molecule has 2 heterocycles. The summed E-state index contributed by atoms with van der Waals surface area (Å²) in [6, 6.07) is 50.8. The molecule has 60 heavy (non-hydrogen) atoms. The smallest absolute Gasteiger partial charge is 0.668 e. The van der Waals surface area contributed by atoms with Gasteiger partial charge < -0.3 is 37.2 Å². The molecule has 0 aromatic heterocycles. The quantitative estimate of drug-likeness (QED) is 0.0688. The molecule has 5 aromatic carbocycles. The van der Waals surface area contributed by atoms with E-state index < -0.39 is 0 Å². The summed E-state index contributed by atoms with van der Waals surface area (Å²) >= 11 is 0. The average Bonchev–Trinajstić information content (AvgIpc) is 3.26. The van der Waals surface area contributed by atoms with Gasteiger partial charge in [-0.3, -0.25) is 0 Å². The first-order valence-corrected chi connectivity index (χ1v) is 19.6. The number of nitrogens with zero attached hydrogens (tertiary/aromatic N) is 1.